The Kier molecular flexibility index (Phi) is 3.24. The van der Waals surface area contributed by atoms with Crippen LogP contribution in [0.3, 0.4) is 0 Å². The van der Waals surface area contributed by atoms with Crippen LogP contribution in [0.25, 0.3) is 0 Å². The second kappa shape index (κ2) is 4.44. The lowest BCUT2D eigenvalue weighted by molar-refractivity contribution is 0.858. The van der Waals surface area contributed by atoms with E-state index in [1.54, 1.807) is 0 Å². The second-order valence-corrected chi connectivity index (χ2v) is 5.28. The van der Waals surface area contributed by atoms with E-state index in [0.717, 1.165) is 22.6 Å². The van der Waals surface area contributed by atoms with Crippen molar-refractivity contribution in [1.82, 2.24) is 10.3 Å². The van der Waals surface area contributed by atoms with Crippen LogP contribution in [0.5, 0.6) is 0 Å². The topological polar surface area (TPSA) is 24.9 Å². The lowest BCUT2D eigenvalue weighted by Gasteiger charge is -2.06. The van der Waals surface area contributed by atoms with Crippen molar-refractivity contribution in [3.63, 3.8) is 0 Å². The number of hydrogen-bond acceptors (Lipinski definition) is 3. The summed E-state index contributed by atoms with van der Waals surface area (Å²) in [6.45, 7) is 2.26. The van der Waals surface area contributed by atoms with Crippen molar-refractivity contribution in [2.75, 3.05) is 13.1 Å². The molecular weight excluding hydrogens is 248 g/mol. The van der Waals surface area contributed by atoms with Gasteiger partial charge in [-0.25, -0.2) is 4.98 Å². The molecule has 13 heavy (non-hydrogen) atoms. The molecule has 0 aliphatic carbocycles. The number of nitrogens with one attached hydrogen (secondary N) is 1. The molecule has 0 spiro atoms. The first-order valence-electron chi connectivity index (χ1n) is 4.33. The Hall–Kier alpha value is -0.0600. The Morgan fingerprint density at radius 3 is 3.08 bits per heavy atom. The molecule has 0 aromatic carbocycles. The van der Waals surface area contributed by atoms with Gasteiger partial charge in [-0.1, -0.05) is 0 Å². The summed E-state index contributed by atoms with van der Waals surface area (Å²) in [7, 11) is 0. The third kappa shape index (κ3) is 2.69. The van der Waals surface area contributed by atoms with Crippen molar-refractivity contribution in [1.29, 1.82) is 0 Å². The molecule has 0 saturated carbocycles. The summed E-state index contributed by atoms with van der Waals surface area (Å²) < 4.78 is 1.04. The smallest absolute Gasteiger partial charge is 0.0963 e. The molecule has 1 atom stereocenters. The standard InChI is InChI=1S/C9H11BrN2S/c10-7-1-2-9(12-5-7)13-8-3-4-11-6-8/h1-2,5,8,11H,3-4,6H2. The van der Waals surface area contributed by atoms with Gasteiger partial charge in [0.05, 0.1) is 5.03 Å². The van der Waals surface area contributed by atoms with E-state index in [-0.39, 0.29) is 0 Å². The summed E-state index contributed by atoms with van der Waals surface area (Å²) in [5.74, 6) is 0. The lowest BCUT2D eigenvalue weighted by Crippen LogP contribution is -2.10. The fraction of sp³-hybridized carbons (Fsp3) is 0.444. The molecule has 2 nitrogen and oxygen atoms in total. The van der Waals surface area contributed by atoms with Crippen molar-refractivity contribution < 1.29 is 0 Å². The van der Waals surface area contributed by atoms with Crippen molar-refractivity contribution in [3.05, 3.63) is 22.8 Å². The number of hydrogen-bond donors (Lipinski definition) is 1. The van der Waals surface area contributed by atoms with Crippen LogP contribution in [0.15, 0.2) is 27.8 Å². The Morgan fingerprint density at radius 2 is 2.46 bits per heavy atom. The molecule has 1 unspecified atom stereocenters. The van der Waals surface area contributed by atoms with Gasteiger partial charge in [-0.05, 0) is 41.0 Å². The van der Waals surface area contributed by atoms with E-state index in [4.69, 9.17) is 0 Å². The number of halogens is 1. The van der Waals surface area contributed by atoms with E-state index in [2.05, 4.69) is 32.3 Å². The number of aromatic nitrogens is 1. The van der Waals surface area contributed by atoms with Crippen LogP contribution in [0, 0.1) is 0 Å². The fourth-order valence-corrected chi connectivity index (χ4v) is 2.60. The van der Waals surface area contributed by atoms with Gasteiger partial charge in [0.1, 0.15) is 0 Å². The molecule has 0 bridgehead atoms. The Labute approximate surface area is 90.6 Å². The molecule has 2 rings (SSSR count). The first kappa shape index (κ1) is 9.49. The number of thioether (sulfide) groups is 1. The van der Waals surface area contributed by atoms with Crippen molar-refractivity contribution >= 4 is 27.7 Å². The molecule has 1 aromatic rings. The first-order valence-corrected chi connectivity index (χ1v) is 6.01. The average molecular weight is 259 g/mol. The zero-order valence-electron chi connectivity index (χ0n) is 7.16. The Morgan fingerprint density at radius 1 is 1.54 bits per heavy atom. The Balaban J connectivity index is 1.97. The van der Waals surface area contributed by atoms with Crippen LogP contribution in [-0.4, -0.2) is 23.3 Å². The molecule has 1 aromatic heterocycles. The van der Waals surface area contributed by atoms with Gasteiger partial charge in [-0.15, -0.1) is 11.8 Å². The first-order chi connectivity index (χ1) is 6.34. The van der Waals surface area contributed by atoms with Crippen LogP contribution >= 0.6 is 27.7 Å². The maximum atomic E-state index is 4.33. The van der Waals surface area contributed by atoms with Gasteiger partial charge < -0.3 is 5.32 Å². The average Bonchev–Trinajstić information content (AvgIpc) is 2.62. The second-order valence-electron chi connectivity index (χ2n) is 3.05. The minimum atomic E-state index is 0.702. The maximum Gasteiger partial charge on any atom is 0.0963 e. The molecule has 4 heteroatoms. The number of rotatable bonds is 2. The lowest BCUT2D eigenvalue weighted by atomic mass is 10.4. The highest BCUT2D eigenvalue weighted by Gasteiger charge is 2.15. The summed E-state index contributed by atoms with van der Waals surface area (Å²) in [4.78, 5) is 4.33. The van der Waals surface area contributed by atoms with Crippen LogP contribution in [0.1, 0.15) is 6.42 Å². The SMILES string of the molecule is Brc1ccc(SC2CCNC2)nc1. The third-order valence-corrected chi connectivity index (χ3v) is 3.69. The summed E-state index contributed by atoms with van der Waals surface area (Å²) in [6.07, 6.45) is 3.10. The van der Waals surface area contributed by atoms with Gasteiger partial charge in [0.15, 0.2) is 0 Å². The summed E-state index contributed by atoms with van der Waals surface area (Å²) in [5.41, 5.74) is 0. The van der Waals surface area contributed by atoms with Crippen LogP contribution in [0.2, 0.25) is 0 Å². The highest BCUT2D eigenvalue weighted by atomic mass is 79.9. The quantitative estimate of drug-likeness (QED) is 0.882. The molecular formula is C9H11BrN2S. The monoisotopic (exact) mass is 258 g/mol. The van der Waals surface area contributed by atoms with E-state index in [0.29, 0.717) is 5.25 Å². The van der Waals surface area contributed by atoms with Gasteiger partial charge in [0.25, 0.3) is 0 Å². The van der Waals surface area contributed by atoms with Crippen molar-refractivity contribution in [2.45, 2.75) is 16.7 Å². The summed E-state index contributed by atoms with van der Waals surface area (Å²) in [6, 6.07) is 4.10. The van der Waals surface area contributed by atoms with E-state index in [1.807, 2.05) is 24.0 Å². The van der Waals surface area contributed by atoms with E-state index in [1.165, 1.54) is 6.42 Å². The molecule has 2 heterocycles. The van der Waals surface area contributed by atoms with E-state index < -0.39 is 0 Å². The minimum Gasteiger partial charge on any atom is -0.316 e. The van der Waals surface area contributed by atoms with Gasteiger partial charge in [-0.3, -0.25) is 0 Å². The van der Waals surface area contributed by atoms with Gasteiger partial charge in [0.2, 0.25) is 0 Å². The molecule has 1 aliphatic heterocycles. The van der Waals surface area contributed by atoms with Gasteiger partial charge >= 0.3 is 0 Å². The van der Waals surface area contributed by atoms with Crippen molar-refractivity contribution in [3.8, 4) is 0 Å². The fourth-order valence-electron chi connectivity index (χ4n) is 1.33. The van der Waals surface area contributed by atoms with Crippen LogP contribution in [0.4, 0.5) is 0 Å². The highest BCUT2D eigenvalue weighted by Crippen LogP contribution is 2.25. The minimum absolute atomic E-state index is 0.702. The van der Waals surface area contributed by atoms with E-state index in [9.17, 15) is 0 Å². The number of nitrogens with zero attached hydrogens (tertiary/aromatic N) is 1. The van der Waals surface area contributed by atoms with Gasteiger partial charge in [0, 0.05) is 22.5 Å². The van der Waals surface area contributed by atoms with Gasteiger partial charge in [-0.2, -0.15) is 0 Å². The highest BCUT2D eigenvalue weighted by molar-refractivity contribution is 9.10. The zero-order valence-corrected chi connectivity index (χ0v) is 9.57. The van der Waals surface area contributed by atoms with Crippen molar-refractivity contribution in [2.24, 2.45) is 0 Å². The molecule has 1 aliphatic rings. The Bertz CT molecular complexity index is 269. The van der Waals surface area contributed by atoms with E-state index >= 15 is 0 Å². The third-order valence-electron chi connectivity index (χ3n) is 2.00. The molecule has 0 radical (unpaired) electrons. The summed E-state index contributed by atoms with van der Waals surface area (Å²) in [5, 5.41) is 5.17. The largest absolute Gasteiger partial charge is 0.316 e. The van der Waals surface area contributed by atoms with Crippen LogP contribution < -0.4 is 5.32 Å². The predicted octanol–water partition coefficient (Wildman–Crippen LogP) is 2.30. The molecule has 1 fully saturated rings. The maximum absolute atomic E-state index is 4.33. The molecule has 1 N–H and O–H groups in total. The predicted molar refractivity (Wildman–Crippen MR) is 59.1 cm³/mol. The molecule has 70 valence electrons. The van der Waals surface area contributed by atoms with Crippen LogP contribution in [-0.2, 0) is 0 Å². The molecule has 0 amide bonds. The number of pyridine rings is 1. The zero-order chi connectivity index (χ0) is 9.10. The normalized spacial score (nSPS) is 22.1. The molecule has 1 saturated heterocycles. The summed E-state index contributed by atoms with van der Waals surface area (Å²) >= 11 is 5.24.